The van der Waals surface area contributed by atoms with Crippen molar-refractivity contribution in [1.29, 1.82) is 0 Å². The van der Waals surface area contributed by atoms with Gasteiger partial charge < -0.3 is 10.3 Å². The first kappa shape index (κ1) is 16.5. The van der Waals surface area contributed by atoms with Crippen molar-refractivity contribution in [3.8, 4) is 0 Å². The average Bonchev–Trinajstić information content (AvgIpc) is 2.92. The number of carbonyl (C=O) groups is 2. The summed E-state index contributed by atoms with van der Waals surface area (Å²) >= 11 is 0. The highest BCUT2D eigenvalue weighted by atomic mass is 16.2. The second kappa shape index (κ2) is 7.04. The molecule has 0 saturated heterocycles. The number of Topliss-reactive ketones (excluding diaryl/α,β-unsaturated/α-hetero) is 1. The third kappa shape index (κ3) is 3.42. The van der Waals surface area contributed by atoms with Crippen LogP contribution < -0.4 is 5.32 Å². The van der Waals surface area contributed by atoms with Crippen LogP contribution >= 0.6 is 0 Å². The smallest absolute Gasteiger partial charge is 0.268 e. The summed E-state index contributed by atoms with van der Waals surface area (Å²) in [7, 11) is 0. The molecule has 1 heterocycles. The van der Waals surface area contributed by atoms with E-state index in [2.05, 4.69) is 22.4 Å². The Labute approximate surface area is 142 Å². The lowest BCUT2D eigenvalue weighted by atomic mass is 9.94. The summed E-state index contributed by atoms with van der Waals surface area (Å²) in [6.07, 6.45) is 4.11. The van der Waals surface area contributed by atoms with Gasteiger partial charge in [-0.15, -0.1) is 0 Å². The summed E-state index contributed by atoms with van der Waals surface area (Å²) in [6.45, 7) is 3.88. The maximum Gasteiger partial charge on any atom is 0.268 e. The first-order valence-corrected chi connectivity index (χ1v) is 8.65. The summed E-state index contributed by atoms with van der Waals surface area (Å²) in [5, 5.41) is 3.05. The zero-order valence-electron chi connectivity index (χ0n) is 14.3. The number of hydrogen-bond donors (Lipinski definition) is 2. The number of rotatable bonds is 5. The molecule has 1 unspecified atom stereocenters. The highest BCUT2D eigenvalue weighted by Crippen LogP contribution is 2.26. The molecule has 1 atom stereocenters. The highest BCUT2D eigenvalue weighted by Gasteiger charge is 2.26. The number of aryl methyl sites for hydroxylation is 2. The minimum atomic E-state index is -0.115. The molecular formula is C20H24N2O2. The first-order chi connectivity index (χ1) is 11.6. The van der Waals surface area contributed by atoms with Gasteiger partial charge in [-0.3, -0.25) is 9.59 Å². The lowest BCUT2D eigenvalue weighted by Crippen LogP contribution is -2.33. The van der Waals surface area contributed by atoms with Crippen LogP contribution in [0.4, 0.5) is 0 Å². The SMILES string of the molecule is Cc1c(C(=O)NC(C)CCc2ccccc2)[nH]c2c1C(=O)CCC2. The lowest BCUT2D eigenvalue weighted by Gasteiger charge is -2.14. The number of carbonyl (C=O) groups excluding carboxylic acids is 2. The van der Waals surface area contributed by atoms with Crippen molar-refractivity contribution in [2.75, 3.05) is 0 Å². The summed E-state index contributed by atoms with van der Waals surface area (Å²) < 4.78 is 0. The number of fused-ring (bicyclic) bond motifs is 1. The van der Waals surface area contributed by atoms with Gasteiger partial charge in [-0.2, -0.15) is 0 Å². The van der Waals surface area contributed by atoms with E-state index in [0.717, 1.165) is 42.5 Å². The number of aromatic nitrogens is 1. The topological polar surface area (TPSA) is 62.0 Å². The van der Waals surface area contributed by atoms with Crippen LogP contribution in [0.5, 0.6) is 0 Å². The molecule has 1 aromatic heterocycles. The van der Waals surface area contributed by atoms with Crippen molar-refractivity contribution < 1.29 is 9.59 Å². The van der Waals surface area contributed by atoms with Crippen molar-refractivity contribution >= 4 is 11.7 Å². The molecule has 0 aliphatic heterocycles. The number of aromatic amines is 1. The molecule has 24 heavy (non-hydrogen) atoms. The van der Waals surface area contributed by atoms with Crippen molar-refractivity contribution in [2.45, 2.75) is 52.0 Å². The van der Waals surface area contributed by atoms with Crippen LogP contribution in [0.1, 0.15) is 63.9 Å². The Morgan fingerprint density at radius 3 is 2.71 bits per heavy atom. The van der Waals surface area contributed by atoms with Crippen molar-refractivity contribution in [1.82, 2.24) is 10.3 Å². The molecule has 1 amide bonds. The van der Waals surface area contributed by atoms with Gasteiger partial charge in [-0.05, 0) is 50.7 Å². The zero-order valence-corrected chi connectivity index (χ0v) is 14.3. The molecule has 0 spiro atoms. The monoisotopic (exact) mass is 324 g/mol. The third-order valence-electron chi connectivity index (χ3n) is 4.75. The molecule has 4 heteroatoms. The van der Waals surface area contributed by atoms with Crippen LogP contribution in [0.15, 0.2) is 30.3 Å². The van der Waals surface area contributed by atoms with Gasteiger partial charge >= 0.3 is 0 Å². The minimum Gasteiger partial charge on any atom is -0.354 e. The Morgan fingerprint density at radius 2 is 2.00 bits per heavy atom. The summed E-state index contributed by atoms with van der Waals surface area (Å²) in [5.74, 6) is 0.0384. The second-order valence-corrected chi connectivity index (χ2v) is 6.65. The van der Waals surface area contributed by atoms with Gasteiger partial charge in [-0.25, -0.2) is 0 Å². The molecule has 0 fully saturated rings. The Balaban J connectivity index is 1.64. The number of hydrogen-bond acceptors (Lipinski definition) is 2. The van der Waals surface area contributed by atoms with Gasteiger partial charge in [0.25, 0.3) is 5.91 Å². The van der Waals surface area contributed by atoms with Crippen LogP contribution in [0.3, 0.4) is 0 Å². The van der Waals surface area contributed by atoms with Crippen molar-refractivity contribution in [2.24, 2.45) is 0 Å². The van der Waals surface area contributed by atoms with E-state index in [9.17, 15) is 9.59 Å². The van der Waals surface area contributed by atoms with Crippen LogP contribution in [0.25, 0.3) is 0 Å². The molecule has 4 nitrogen and oxygen atoms in total. The first-order valence-electron chi connectivity index (χ1n) is 8.65. The molecule has 2 aromatic rings. The lowest BCUT2D eigenvalue weighted by molar-refractivity contribution is 0.0932. The number of amides is 1. The van der Waals surface area contributed by atoms with Gasteiger partial charge in [-0.1, -0.05) is 30.3 Å². The standard InChI is InChI=1S/C20H24N2O2/c1-13(11-12-15-7-4-3-5-8-15)21-20(24)19-14(2)18-16(22-19)9-6-10-17(18)23/h3-5,7-8,13,22H,6,9-12H2,1-2H3,(H,21,24). The fourth-order valence-electron chi connectivity index (χ4n) is 3.40. The molecule has 2 N–H and O–H groups in total. The number of benzene rings is 1. The van der Waals surface area contributed by atoms with Crippen molar-refractivity contribution in [3.05, 3.63) is 58.4 Å². The minimum absolute atomic E-state index is 0.0770. The van der Waals surface area contributed by atoms with E-state index in [-0.39, 0.29) is 17.7 Å². The second-order valence-electron chi connectivity index (χ2n) is 6.65. The predicted octanol–water partition coefficient (Wildman–Crippen LogP) is 3.59. The Kier molecular flexibility index (Phi) is 4.84. The van der Waals surface area contributed by atoms with Gasteiger partial charge in [0.15, 0.2) is 5.78 Å². The summed E-state index contributed by atoms with van der Waals surface area (Å²) in [6, 6.07) is 10.3. The van der Waals surface area contributed by atoms with E-state index >= 15 is 0 Å². The van der Waals surface area contributed by atoms with Gasteiger partial charge in [0.05, 0.1) is 0 Å². The fraction of sp³-hybridized carbons (Fsp3) is 0.400. The zero-order chi connectivity index (χ0) is 17.1. The molecule has 1 aliphatic carbocycles. The molecule has 0 saturated carbocycles. The average molecular weight is 324 g/mol. The predicted molar refractivity (Wildman–Crippen MR) is 94.5 cm³/mol. The molecular weight excluding hydrogens is 300 g/mol. The van der Waals surface area contributed by atoms with E-state index in [4.69, 9.17) is 0 Å². The largest absolute Gasteiger partial charge is 0.354 e. The van der Waals surface area contributed by atoms with Crippen molar-refractivity contribution in [3.63, 3.8) is 0 Å². The maximum atomic E-state index is 12.6. The molecule has 0 bridgehead atoms. The summed E-state index contributed by atoms with van der Waals surface area (Å²) in [4.78, 5) is 27.8. The molecule has 0 radical (unpaired) electrons. The fourth-order valence-corrected chi connectivity index (χ4v) is 3.40. The Bertz CT molecular complexity index is 746. The highest BCUT2D eigenvalue weighted by molar-refractivity contribution is 6.04. The number of H-pyrrole nitrogens is 1. The van der Waals surface area contributed by atoms with E-state index < -0.39 is 0 Å². The number of nitrogens with one attached hydrogen (secondary N) is 2. The van der Waals surface area contributed by atoms with E-state index in [0.29, 0.717) is 12.1 Å². The van der Waals surface area contributed by atoms with Crippen LogP contribution in [0, 0.1) is 6.92 Å². The third-order valence-corrected chi connectivity index (χ3v) is 4.75. The Hall–Kier alpha value is -2.36. The molecule has 3 rings (SSSR count). The van der Waals surface area contributed by atoms with Crippen LogP contribution in [0.2, 0.25) is 0 Å². The van der Waals surface area contributed by atoms with E-state index in [1.807, 2.05) is 32.0 Å². The van der Waals surface area contributed by atoms with Gasteiger partial charge in [0, 0.05) is 23.7 Å². The van der Waals surface area contributed by atoms with Crippen LogP contribution in [-0.2, 0) is 12.8 Å². The van der Waals surface area contributed by atoms with Gasteiger partial charge in [0.2, 0.25) is 0 Å². The number of ketones is 1. The maximum absolute atomic E-state index is 12.6. The molecule has 1 aliphatic rings. The Morgan fingerprint density at radius 1 is 1.25 bits per heavy atom. The quantitative estimate of drug-likeness (QED) is 0.883. The van der Waals surface area contributed by atoms with E-state index in [1.165, 1.54) is 5.56 Å². The normalized spacial score (nSPS) is 15.0. The van der Waals surface area contributed by atoms with E-state index in [1.54, 1.807) is 0 Å². The summed E-state index contributed by atoms with van der Waals surface area (Å²) in [5.41, 5.74) is 4.27. The van der Waals surface area contributed by atoms with Crippen LogP contribution in [-0.4, -0.2) is 22.7 Å². The van der Waals surface area contributed by atoms with Gasteiger partial charge in [0.1, 0.15) is 5.69 Å². The molecule has 1 aromatic carbocycles. The molecule has 126 valence electrons.